The van der Waals surface area contributed by atoms with Crippen LogP contribution < -0.4 is 15.2 Å². The van der Waals surface area contributed by atoms with Crippen LogP contribution >= 0.6 is 0 Å². The quantitative estimate of drug-likeness (QED) is 0.412. The van der Waals surface area contributed by atoms with Gasteiger partial charge in [-0.3, -0.25) is 4.79 Å². The maximum absolute atomic E-state index is 13.5. The van der Waals surface area contributed by atoms with Crippen molar-refractivity contribution in [3.05, 3.63) is 112 Å². The second-order valence-corrected chi connectivity index (χ2v) is 8.66. The van der Waals surface area contributed by atoms with Crippen molar-refractivity contribution in [2.24, 2.45) is 0 Å². The number of rotatable bonds is 6. The molecule has 0 unspecified atom stereocenters. The fourth-order valence-corrected chi connectivity index (χ4v) is 4.88. The van der Waals surface area contributed by atoms with Crippen LogP contribution in [0.25, 0.3) is 10.9 Å². The predicted octanol–water partition coefficient (Wildman–Crippen LogP) is 3.72. The van der Waals surface area contributed by atoms with Crippen molar-refractivity contribution in [1.82, 2.24) is 25.2 Å². The van der Waals surface area contributed by atoms with Gasteiger partial charge < -0.3 is 14.6 Å². The Kier molecular flexibility index (Phi) is 5.25. The van der Waals surface area contributed by atoms with Gasteiger partial charge in [-0.1, -0.05) is 48.5 Å². The Labute approximate surface area is 201 Å². The number of para-hydroxylation sites is 1. The number of nitrogens with one attached hydrogen (secondary N) is 1. The molecule has 1 atom stereocenters. The molecule has 1 aliphatic rings. The van der Waals surface area contributed by atoms with Crippen molar-refractivity contribution in [3.63, 3.8) is 0 Å². The Morgan fingerprint density at radius 1 is 1.03 bits per heavy atom. The normalized spacial score (nSPS) is 13.7. The fourth-order valence-electron chi connectivity index (χ4n) is 4.88. The molecule has 3 aromatic carbocycles. The van der Waals surface area contributed by atoms with Gasteiger partial charge in [0.1, 0.15) is 11.8 Å². The minimum atomic E-state index is -0.451. The summed E-state index contributed by atoms with van der Waals surface area (Å²) in [5.74, 6) is 1.32. The zero-order chi connectivity index (χ0) is 23.8. The number of hydrogen-bond donors (Lipinski definition) is 1. The molecule has 0 bridgehead atoms. The summed E-state index contributed by atoms with van der Waals surface area (Å²) in [5, 5.41) is 13.7. The van der Waals surface area contributed by atoms with Gasteiger partial charge in [-0.05, 0) is 57.6 Å². The average Bonchev–Trinajstić information content (AvgIpc) is 3.52. The van der Waals surface area contributed by atoms with Crippen molar-refractivity contribution in [2.75, 3.05) is 18.6 Å². The predicted molar refractivity (Wildman–Crippen MR) is 134 cm³/mol. The number of hydrogen-bond acceptors (Lipinski definition) is 6. The molecule has 2 aromatic heterocycles. The molecular weight excluding hydrogens is 440 g/mol. The molecule has 8 nitrogen and oxygen atoms in total. The molecule has 1 N–H and O–H groups in total. The zero-order valence-corrected chi connectivity index (χ0v) is 19.3. The van der Waals surface area contributed by atoms with Gasteiger partial charge in [-0.2, -0.15) is 0 Å². The van der Waals surface area contributed by atoms with E-state index in [0.29, 0.717) is 23.7 Å². The van der Waals surface area contributed by atoms with Gasteiger partial charge in [0.05, 0.1) is 19.2 Å². The standard InChI is InChI=1S/C27H24N6O2/c1-35-21-12-11-20-15-22(27(34)28-23(20)16-21)25(32-14-13-19-9-5-6-10-24(19)32)26-29-30-31-33(26)17-18-7-3-2-4-8-18/h2-12,15-16,25H,13-14,17H2,1H3,(H,28,34)/t25-/m1/s1. The van der Waals surface area contributed by atoms with Crippen molar-refractivity contribution < 1.29 is 4.74 Å². The van der Waals surface area contributed by atoms with E-state index < -0.39 is 6.04 Å². The van der Waals surface area contributed by atoms with Crippen LogP contribution in [0.1, 0.15) is 28.6 Å². The lowest BCUT2D eigenvalue weighted by atomic mass is 10.0. The molecule has 0 aliphatic carbocycles. The SMILES string of the molecule is COc1ccc2cc([C@H](c3nnnn3Cc3ccccc3)N3CCc4ccccc43)c(=O)[nH]c2c1. The van der Waals surface area contributed by atoms with Gasteiger partial charge in [0.15, 0.2) is 5.82 Å². The summed E-state index contributed by atoms with van der Waals surface area (Å²) in [6.45, 7) is 1.28. The lowest BCUT2D eigenvalue weighted by Gasteiger charge is -2.29. The maximum Gasteiger partial charge on any atom is 0.254 e. The molecule has 0 fully saturated rings. The van der Waals surface area contributed by atoms with E-state index in [9.17, 15) is 4.79 Å². The molecule has 1 aliphatic heterocycles. The third-order valence-corrected chi connectivity index (χ3v) is 6.59. The summed E-state index contributed by atoms with van der Waals surface area (Å²) in [7, 11) is 1.61. The molecule has 0 radical (unpaired) electrons. The fraction of sp³-hybridized carbons (Fsp3) is 0.185. The van der Waals surface area contributed by atoms with E-state index in [1.165, 1.54) is 5.56 Å². The van der Waals surface area contributed by atoms with Crippen LogP contribution in [0.5, 0.6) is 5.75 Å². The summed E-state index contributed by atoms with van der Waals surface area (Å²) in [5.41, 5.74) is 4.59. The average molecular weight is 465 g/mol. The Balaban J connectivity index is 1.52. The number of anilines is 1. The van der Waals surface area contributed by atoms with E-state index in [2.05, 4.69) is 37.5 Å². The molecule has 0 saturated carbocycles. The molecular formula is C27H24N6O2. The third kappa shape index (κ3) is 3.82. The van der Waals surface area contributed by atoms with Crippen LogP contribution in [0.4, 0.5) is 5.69 Å². The molecule has 3 heterocycles. The van der Waals surface area contributed by atoms with E-state index in [4.69, 9.17) is 4.74 Å². The minimum absolute atomic E-state index is 0.172. The van der Waals surface area contributed by atoms with Crippen molar-refractivity contribution in [2.45, 2.75) is 19.0 Å². The Morgan fingerprint density at radius 3 is 2.71 bits per heavy atom. The number of methoxy groups -OCH3 is 1. The topological polar surface area (TPSA) is 88.9 Å². The summed E-state index contributed by atoms with van der Waals surface area (Å²) >= 11 is 0. The van der Waals surface area contributed by atoms with E-state index in [-0.39, 0.29) is 5.56 Å². The van der Waals surface area contributed by atoms with Crippen LogP contribution in [-0.4, -0.2) is 38.8 Å². The minimum Gasteiger partial charge on any atom is -0.497 e. The van der Waals surface area contributed by atoms with Crippen LogP contribution in [0, 0.1) is 0 Å². The Bertz CT molecular complexity index is 1560. The van der Waals surface area contributed by atoms with E-state index in [1.54, 1.807) is 11.8 Å². The second kappa shape index (κ2) is 8.72. The number of H-pyrrole nitrogens is 1. The molecule has 0 amide bonds. The number of fused-ring (bicyclic) bond motifs is 2. The van der Waals surface area contributed by atoms with Crippen LogP contribution in [0.3, 0.4) is 0 Å². The van der Waals surface area contributed by atoms with E-state index >= 15 is 0 Å². The number of aromatic nitrogens is 5. The van der Waals surface area contributed by atoms with Gasteiger partial charge in [0.2, 0.25) is 0 Å². The Morgan fingerprint density at radius 2 is 1.86 bits per heavy atom. The van der Waals surface area contributed by atoms with E-state index in [1.807, 2.05) is 66.7 Å². The molecule has 6 rings (SSSR count). The van der Waals surface area contributed by atoms with Gasteiger partial charge >= 0.3 is 0 Å². The van der Waals surface area contributed by atoms with Crippen LogP contribution in [-0.2, 0) is 13.0 Å². The highest BCUT2D eigenvalue weighted by Crippen LogP contribution is 2.37. The molecule has 174 valence electrons. The van der Waals surface area contributed by atoms with Crippen LogP contribution in [0.15, 0.2) is 83.7 Å². The highest BCUT2D eigenvalue weighted by molar-refractivity contribution is 5.81. The highest BCUT2D eigenvalue weighted by atomic mass is 16.5. The largest absolute Gasteiger partial charge is 0.497 e. The molecule has 35 heavy (non-hydrogen) atoms. The van der Waals surface area contributed by atoms with Crippen LogP contribution in [0.2, 0.25) is 0 Å². The summed E-state index contributed by atoms with van der Waals surface area (Å²) in [4.78, 5) is 18.8. The zero-order valence-electron chi connectivity index (χ0n) is 19.3. The van der Waals surface area contributed by atoms with Crippen molar-refractivity contribution >= 4 is 16.6 Å². The van der Waals surface area contributed by atoms with Gasteiger partial charge in [-0.25, -0.2) is 4.68 Å². The molecule has 5 aromatic rings. The van der Waals surface area contributed by atoms with E-state index in [0.717, 1.165) is 35.1 Å². The monoisotopic (exact) mass is 464 g/mol. The van der Waals surface area contributed by atoms with Crippen molar-refractivity contribution in [1.29, 1.82) is 0 Å². The van der Waals surface area contributed by atoms with Gasteiger partial charge in [-0.15, -0.1) is 5.10 Å². The summed E-state index contributed by atoms with van der Waals surface area (Å²) in [6.07, 6.45) is 0.898. The second-order valence-electron chi connectivity index (χ2n) is 8.66. The molecule has 8 heteroatoms. The lowest BCUT2D eigenvalue weighted by Crippen LogP contribution is -2.34. The number of tetrazole rings is 1. The smallest absolute Gasteiger partial charge is 0.254 e. The summed E-state index contributed by atoms with van der Waals surface area (Å²) in [6, 6.07) is 25.5. The highest BCUT2D eigenvalue weighted by Gasteiger charge is 2.34. The number of nitrogens with zero attached hydrogens (tertiary/aromatic N) is 5. The first-order chi connectivity index (χ1) is 17.2. The first-order valence-electron chi connectivity index (χ1n) is 11.6. The van der Waals surface area contributed by atoms with Gasteiger partial charge in [0.25, 0.3) is 5.56 Å². The maximum atomic E-state index is 13.5. The first-order valence-corrected chi connectivity index (χ1v) is 11.6. The first kappa shape index (κ1) is 21.1. The van der Waals surface area contributed by atoms with Crippen molar-refractivity contribution in [3.8, 4) is 5.75 Å². The number of benzene rings is 3. The van der Waals surface area contributed by atoms with Gasteiger partial charge in [0, 0.05) is 23.9 Å². The number of pyridine rings is 1. The lowest BCUT2D eigenvalue weighted by molar-refractivity contribution is 0.415. The molecule has 0 saturated heterocycles. The third-order valence-electron chi connectivity index (χ3n) is 6.59. The number of aromatic amines is 1. The summed E-state index contributed by atoms with van der Waals surface area (Å²) < 4.78 is 7.12. The Hall–Kier alpha value is -4.46. The molecule has 0 spiro atoms. The number of ether oxygens (including phenoxy) is 1.